The first-order valence-electron chi connectivity index (χ1n) is 11.3. The molecule has 1 fully saturated rings. The summed E-state index contributed by atoms with van der Waals surface area (Å²) >= 11 is 0. The number of rotatable bonds is 5. The van der Waals surface area contributed by atoms with E-state index in [2.05, 4.69) is 24.9 Å². The number of carbonyl (C=O) groups is 3. The Morgan fingerprint density at radius 1 is 1.06 bits per heavy atom. The van der Waals surface area contributed by atoms with Crippen LogP contribution in [0.4, 0.5) is 0 Å². The number of ether oxygens (including phenoxy) is 1. The van der Waals surface area contributed by atoms with Gasteiger partial charge in [-0.05, 0) is 19.1 Å². The number of methoxy groups -OCH3 is 1. The number of aromatic nitrogens is 5. The van der Waals surface area contributed by atoms with Crippen LogP contribution < -0.4 is 4.74 Å². The van der Waals surface area contributed by atoms with E-state index in [0.29, 0.717) is 40.1 Å². The number of carbonyl (C=O) groups excluding carboxylic acids is 3. The maximum absolute atomic E-state index is 13.4. The van der Waals surface area contributed by atoms with Crippen molar-refractivity contribution in [3.05, 3.63) is 66.6 Å². The highest BCUT2D eigenvalue weighted by atomic mass is 16.5. The molecule has 11 nitrogen and oxygen atoms in total. The first-order chi connectivity index (χ1) is 17.5. The Bertz CT molecular complexity index is 1440. The molecule has 2 amide bonds. The number of nitrogens with one attached hydrogen (secondary N) is 1. The van der Waals surface area contributed by atoms with Crippen LogP contribution in [0.15, 0.2) is 55.5 Å². The molecule has 1 atom stereocenters. The monoisotopic (exact) mass is 485 g/mol. The van der Waals surface area contributed by atoms with E-state index in [-0.39, 0.29) is 30.6 Å². The molecule has 1 saturated heterocycles. The van der Waals surface area contributed by atoms with Crippen LogP contribution in [-0.4, -0.2) is 85.1 Å². The molecule has 4 aromatic heterocycles. The van der Waals surface area contributed by atoms with E-state index in [9.17, 15) is 14.4 Å². The van der Waals surface area contributed by atoms with Crippen LogP contribution in [0.1, 0.15) is 27.6 Å². The van der Waals surface area contributed by atoms with Crippen molar-refractivity contribution >= 4 is 28.5 Å². The normalized spacial score (nSPS) is 15.7. The molecule has 0 aromatic carbocycles. The number of hydrogen-bond donors (Lipinski definition) is 1. The topological polar surface area (TPSA) is 134 Å². The number of amides is 2. The van der Waals surface area contributed by atoms with Gasteiger partial charge < -0.3 is 19.5 Å². The lowest BCUT2D eigenvalue weighted by molar-refractivity contribution is -0.128. The van der Waals surface area contributed by atoms with Crippen LogP contribution in [-0.2, 0) is 4.79 Å². The van der Waals surface area contributed by atoms with Crippen molar-refractivity contribution in [1.82, 2.24) is 34.7 Å². The number of ketones is 1. The SMILES string of the molecule is COc1cnc(-c2cnccn2)c2[nH]cc(C(=O)C(=O)N3CCN(C(=O)c4cccnc4)[C@H](C)C3)c12. The van der Waals surface area contributed by atoms with Gasteiger partial charge in [0.1, 0.15) is 17.1 Å². The standard InChI is InChI=1S/C25H23N7O4/c1-15-14-31(8-9-32(15)24(34)16-4-3-5-26-10-16)25(35)23(33)17-11-29-22-20(17)19(36-2)13-30-21(22)18-12-27-6-7-28-18/h3-7,10-13,15,29H,8-9,14H2,1-2H3/t15-/m1/s1. The van der Waals surface area contributed by atoms with Crippen molar-refractivity contribution in [1.29, 1.82) is 0 Å². The number of hydrogen-bond acceptors (Lipinski definition) is 8. The van der Waals surface area contributed by atoms with Gasteiger partial charge in [-0.2, -0.15) is 0 Å². The minimum Gasteiger partial charge on any atom is -0.494 e. The summed E-state index contributed by atoms with van der Waals surface area (Å²) in [5.74, 6) is -1.11. The fourth-order valence-electron chi connectivity index (χ4n) is 4.43. The van der Waals surface area contributed by atoms with E-state index in [0.717, 1.165) is 0 Å². The molecule has 5 rings (SSSR count). The summed E-state index contributed by atoms with van der Waals surface area (Å²) in [6.07, 6.45) is 10.8. The summed E-state index contributed by atoms with van der Waals surface area (Å²) in [5, 5.41) is 0.449. The zero-order chi connectivity index (χ0) is 25.2. The summed E-state index contributed by atoms with van der Waals surface area (Å²) in [6.45, 7) is 2.65. The zero-order valence-electron chi connectivity index (χ0n) is 19.7. The highest BCUT2D eigenvalue weighted by Crippen LogP contribution is 2.34. The minimum atomic E-state index is -0.671. The Balaban J connectivity index is 1.39. The molecule has 1 aliphatic heterocycles. The molecule has 11 heteroatoms. The van der Waals surface area contributed by atoms with Gasteiger partial charge in [-0.15, -0.1) is 0 Å². The predicted octanol–water partition coefficient (Wildman–Crippen LogP) is 1.98. The highest BCUT2D eigenvalue weighted by molar-refractivity contribution is 6.45. The number of piperazine rings is 1. The smallest absolute Gasteiger partial charge is 0.295 e. The second-order valence-corrected chi connectivity index (χ2v) is 8.39. The van der Waals surface area contributed by atoms with Crippen LogP contribution in [0, 0.1) is 0 Å². The molecule has 0 aliphatic carbocycles. The molecule has 0 saturated carbocycles. The number of nitrogens with zero attached hydrogens (tertiary/aromatic N) is 6. The van der Waals surface area contributed by atoms with Crippen LogP contribution in [0.25, 0.3) is 22.3 Å². The molecule has 0 bridgehead atoms. The molecule has 182 valence electrons. The van der Waals surface area contributed by atoms with E-state index in [1.807, 2.05) is 6.92 Å². The third-order valence-corrected chi connectivity index (χ3v) is 6.22. The quantitative estimate of drug-likeness (QED) is 0.335. The van der Waals surface area contributed by atoms with Crippen molar-refractivity contribution in [3.8, 4) is 17.1 Å². The van der Waals surface area contributed by atoms with Crippen LogP contribution >= 0.6 is 0 Å². The van der Waals surface area contributed by atoms with Gasteiger partial charge in [0, 0.05) is 56.7 Å². The maximum atomic E-state index is 13.4. The molecule has 1 aliphatic rings. The van der Waals surface area contributed by atoms with Gasteiger partial charge in [0.25, 0.3) is 17.6 Å². The highest BCUT2D eigenvalue weighted by Gasteiger charge is 2.34. The molecule has 0 radical (unpaired) electrons. The lowest BCUT2D eigenvalue weighted by atomic mass is 10.1. The number of H-pyrrole nitrogens is 1. The molecular weight excluding hydrogens is 462 g/mol. The lowest BCUT2D eigenvalue weighted by Gasteiger charge is -2.39. The Labute approximate surface area is 206 Å². The van der Waals surface area contributed by atoms with Gasteiger partial charge in [-0.25, -0.2) is 4.98 Å². The second kappa shape index (κ2) is 9.53. The molecule has 36 heavy (non-hydrogen) atoms. The van der Waals surface area contributed by atoms with Crippen molar-refractivity contribution in [2.24, 2.45) is 0 Å². The third-order valence-electron chi connectivity index (χ3n) is 6.22. The number of Topliss-reactive ketones (excluding diaryl/α,β-unsaturated/α-hetero) is 1. The predicted molar refractivity (Wildman–Crippen MR) is 129 cm³/mol. The molecule has 5 heterocycles. The molecule has 0 unspecified atom stereocenters. The average molecular weight is 486 g/mol. The van der Waals surface area contributed by atoms with Gasteiger partial charge in [0.15, 0.2) is 0 Å². The van der Waals surface area contributed by atoms with Gasteiger partial charge >= 0.3 is 0 Å². The van der Waals surface area contributed by atoms with E-state index in [4.69, 9.17) is 4.74 Å². The lowest BCUT2D eigenvalue weighted by Crippen LogP contribution is -2.56. The summed E-state index contributed by atoms with van der Waals surface area (Å²) in [7, 11) is 1.47. The van der Waals surface area contributed by atoms with E-state index in [1.54, 1.807) is 41.8 Å². The van der Waals surface area contributed by atoms with Crippen molar-refractivity contribution in [2.45, 2.75) is 13.0 Å². The van der Waals surface area contributed by atoms with Crippen molar-refractivity contribution < 1.29 is 19.1 Å². The van der Waals surface area contributed by atoms with E-state index < -0.39 is 11.7 Å². The molecule has 0 spiro atoms. The van der Waals surface area contributed by atoms with Crippen molar-refractivity contribution in [2.75, 3.05) is 26.7 Å². The minimum absolute atomic E-state index is 0.153. The first kappa shape index (κ1) is 23.1. The Morgan fingerprint density at radius 3 is 2.58 bits per heavy atom. The van der Waals surface area contributed by atoms with Crippen LogP contribution in [0.2, 0.25) is 0 Å². The number of fused-ring (bicyclic) bond motifs is 1. The zero-order valence-corrected chi connectivity index (χ0v) is 19.7. The van der Waals surface area contributed by atoms with Crippen molar-refractivity contribution in [3.63, 3.8) is 0 Å². The van der Waals surface area contributed by atoms with E-state index >= 15 is 0 Å². The summed E-state index contributed by atoms with van der Waals surface area (Å²) < 4.78 is 5.45. The van der Waals surface area contributed by atoms with Gasteiger partial charge in [-0.3, -0.25) is 29.3 Å². The summed E-state index contributed by atoms with van der Waals surface area (Å²) in [4.78, 5) is 62.5. The average Bonchev–Trinajstić information content (AvgIpc) is 3.37. The third kappa shape index (κ3) is 4.04. The van der Waals surface area contributed by atoms with Gasteiger partial charge in [0.05, 0.1) is 41.5 Å². The summed E-state index contributed by atoms with van der Waals surface area (Å²) in [6, 6.07) is 3.14. The Morgan fingerprint density at radius 2 is 1.89 bits per heavy atom. The van der Waals surface area contributed by atoms with Crippen LogP contribution in [0.5, 0.6) is 5.75 Å². The second-order valence-electron chi connectivity index (χ2n) is 8.39. The fraction of sp³-hybridized carbons (Fsp3) is 0.240. The van der Waals surface area contributed by atoms with Crippen LogP contribution in [0.3, 0.4) is 0 Å². The Kier molecular flexibility index (Phi) is 6.11. The Hall–Kier alpha value is -4.67. The first-order valence-corrected chi connectivity index (χ1v) is 11.3. The number of aromatic amines is 1. The largest absolute Gasteiger partial charge is 0.494 e. The van der Waals surface area contributed by atoms with E-state index in [1.165, 1.54) is 30.6 Å². The fourth-order valence-corrected chi connectivity index (χ4v) is 4.43. The number of pyridine rings is 2. The molecular formula is C25H23N7O4. The van der Waals surface area contributed by atoms with Gasteiger partial charge in [0.2, 0.25) is 0 Å². The maximum Gasteiger partial charge on any atom is 0.295 e. The molecule has 1 N–H and O–H groups in total. The molecule has 4 aromatic rings. The van der Waals surface area contributed by atoms with Gasteiger partial charge in [-0.1, -0.05) is 0 Å². The summed E-state index contributed by atoms with van der Waals surface area (Å²) in [5.41, 5.74) is 2.19.